The van der Waals surface area contributed by atoms with Crippen LogP contribution in [0.3, 0.4) is 0 Å². The summed E-state index contributed by atoms with van der Waals surface area (Å²) >= 11 is 0. The van der Waals surface area contributed by atoms with Crippen molar-refractivity contribution in [1.82, 2.24) is 0 Å². The lowest BCUT2D eigenvalue weighted by atomic mass is 9.89. The van der Waals surface area contributed by atoms with E-state index in [1.165, 1.54) is 54.2 Å². The third kappa shape index (κ3) is 2.25. The summed E-state index contributed by atoms with van der Waals surface area (Å²) in [4.78, 5) is 0. The van der Waals surface area contributed by atoms with Gasteiger partial charge in [-0.2, -0.15) is 0 Å². The van der Waals surface area contributed by atoms with Gasteiger partial charge in [0.2, 0.25) is 0 Å². The van der Waals surface area contributed by atoms with E-state index in [1.807, 2.05) is 0 Å². The fourth-order valence-corrected chi connectivity index (χ4v) is 4.48. The molecule has 0 saturated carbocycles. The van der Waals surface area contributed by atoms with Gasteiger partial charge in [0.15, 0.2) is 0 Å². The van der Waals surface area contributed by atoms with Crippen molar-refractivity contribution in [2.24, 2.45) is 0 Å². The van der Waals surface area contributed by atoms with Gasteiger partial charge >= 0.3 is 0 Å². The van der Waals surface area contributed by atoms with Crippen LogP contribution in [0.25, 0.3) is 54.2 Å². The van der Waals surface area contributed by atoms with Crippen molar-refractivity contribution in [3.8, 4) is 11.1 Å². The van der Waals surface area contributed by atoms with Gasteiger partial charge in [0.25, 0.3) is 0 Å². The minimum Gasteiger partial charge on any atom is -0.0622 e. The average molecular weight is 354 g/mol. The Morgan fingerprint density at radius 1 is 0.321 bits per heavy atom. The maximum Gasteiger partial charge on any atom is -0.00266 e. The van der Waals surface area contributed by atoms with Crippen LogP contribution in [0.1, 0.15) is 0 Å². The van der Waals surface area contributed by atoms with Gasteiger partial charge < -0.3 is 0 Å². The van der Waals surface area contributed by atoms with Gasteiger partial charge in [-0.15, -0.1) is 0 Å². The van der Waals surface area contributed by atoms with Crippen molar-refractivity contribution in [2.45, 2.75) is 0 Å². The van der Waals surface area contributed by atoms with Crippen LogP contribution in [0.15, 0.2) is 109 Å². The molecule has 0 aliphatic rings. The molecule has 0 atom stereocenters. The minimum absolute atomic E-state index is 1.27. The van der Waals surface area contributed by atoms with E-state index in [0.717, 1.165) is 0 Å². The number of hydrogen-bond acceptors (Lipinski definition) is 0. The molecular weight excluding hydrogens is 336 g/mol. The summed E-state index contributed by atoms with van der Waals surface area (Å²) in [5.74, 6) is 0. The molecule has 0 aromatic heterocycles. The van der Waals surface area contributed by atoms with Gasteiger partial charge in [-0.1, -0.05) is 91.0 Å². The van der Waals surface area contributed by atoms with Crippen molar-refractivity contribution in [3.63, 3.8) is 0 Å². The molecule has 0 heterocycles. The summed E-state index contributed by atoms with van der Waals surface area (Å²) < 4.78 is 0. The smallest absolute Gasteiger partial charge is 0.00266 e. The zero-order valence-electron chi connectivity index (χ0n) is 15.4. The van der Waals surface area contributed by atoms with Crippen LogP contribution < -0.4 is 0 Å². The number of benzene rings is 6. The minimum atomic E-state index is 1.27. The molecule has 28 heavy (non-hydrogen) atoms. The number of fused-ring (bicyclic) bond motifs is 5. The second-order valence-corrected chi connectivity index (χ2v) is 7.42. The van der Waals surface area contributed by atoms with Gasteiger partial charge in [0, 0.05) is 0 Å². The van der Waals surface area contributed by atoms with Gasteiger partial charge in [-0.3, -0.25) is 0 Å². The second kappa shape index (κ2) is 5.94. The third-order valence-corrected chi connectivity index (χ3v) is 5.79. The molecule has 0 saturated heterocycles. The molecule has 0 amide bonds. The highest BCUT2D eigenvalue weighted by Crippen LogP contribution is 2.39. The zero-order chi connectivity index (χ0) is 18.5. The van der Waals surface area contributed by atoms with E-state index >= 15 is 0 Å². The quantitative estimate of drug-likeness (QED) is 0.207. The van der Waals surface area contributed by atoms with E-state index in [4.69, 9.17) is 0 Å². The Hall–Kier alpha value is -3.64. The molecule has 0 radical (unpaired) electrons. The monoisotopic (exact) mass is 354 g/mol. The van der Waals surface area contributed by atoms with Gasteiger partial charge in [-0.25, -0.2) is 0 Å². The van der Waals surface area contributed by atoms with Gasteiger partial charge in [0.1, 0.15) is 0 Å². The number of rotatable bonds is 1. The summed E-state index contributed by atoms with van der Waals surface area (Å²) in [7, 11) is 0. The van der Waals surface area contributed by atoms with Crippen molar-refractivity contribution < 1.29 is 0 Å². The molecule has 0 bridgehead atoms. The second-order valence-electron chi connectivity index (χ2n) is 7.42. The van der Waals surface area contributed by atoms with Crippen LogP contribution in [-0.2, 0) is 0 Å². The topological polar surface area (TPSA) is 0 Å². The van der Waals surface area contributed by atoms with Crippen molar-refractivity contribution >= 4 is 43.1 Å². The summed E-state index contributed by atoms with van der Waals surface area (Å²) in [6.45, 7) is 0. The molecular formula is C28H18. The predicted octanol–water partition coefficient (Wildman–Crippen LogP) is 7.97. The molecule has 0 aliphatic carbocycles. The molecule has 6 rings (SSSR count). The Balaban J connectivity index is 1.84. The van der Waals surface area contributed by atoms with E-state index in [1.54, 1.807) is 0 Å². The molecule has 0 unspecified atom stereocenters. The first-order valence-electron chi connectivity index (χ1n) is 9.71. The maximum absolute atomic E-state index is 2.36. The predicted molar refractivity (Wildman–Crippen MR) is 122 cm³/mol. The standard InChI is InChI=1S/C28H18/c1-2-8-19(9-3-1)28-24-13-7-6-12-22(24)18-27-25(28)15-14-23-16-20-10-4-5-11-21(20)17-26(23)27/h1-18H. The van der Waals surface area contributed by atoms with Gasteiger partial charge in [-0.05, 0) is 72.4 Å². The van der Waals surface area contributed by atoms with E-state index in [-0.39, 0.29) is 0 Å². The van der Waals surface area contributed by atoms with E-state index in [0.29, 0.717) is 0 Å². The van der Waals surface area contributed by atoms with E-state index < -0.39 is 0 Å². The van der Waals surface area contributed by atoms with Crippen LogP contribution >= 0.6 is 0 Å². The molecule has 6 aromatic rings. The zero-order valence-corrected chi connectivity index (χ0v) is 15.4. The highest BCUT2D eigenvalue weighted by molar-refractivity contribution is 6.21. The Kier molecular flexibility index (Phi) is 3.27. The van der Waals surface area contributed by atoms with Crippen molar-refractivity contribution in [2.75, 3.05) is 0 Å². The first-order valence-corrected chi connectivity index (χ1v) is 9.71. The number of hydrogen-bond donors (Lipinski definition) is 0. The normalized spacial score (nSPS) is 11.6. The molecule has 0 aliphatic heterocycles. The molecule has 6 aromatic carbocycles. The maximum atomic E-state index is 2.36. The summed E-state index contributed by atoms with van der Waals surface area (Å²) in [6, 6.07) is 39.7. The van der Waals surface area contributed by atoms with Crippen LogP contribution in [0.2, 0.25) is 0 Å². The highest BCUT2D eigenvalue weighted by Gasteiger charge is 2.12. The molecule has 130 valence electrons. The Morgan fingerprint density at radius 3 is 1.75 bits per heavy atom. The highest BCUT2D eigenvalue weighted by atomic mass is 14.2. The van der Waals surface area contributed by atoms with Crippen LogP contribution in [-0.4, -0.2) is 0 Å². The first kappa shape index (κ1) is 15.4. The first-order chi connectivity index (χ1) is 13.9. The third-order valence-electron chi connectivity index (χ3n) is 5.79. The van der Waals surface area contributed by atoms with E-state index in [2.05, 4.69) is 109 Å². The Bertz CT molecular complexity index is 1490. The van der Waals surface area contributed by atoms with E-state index in [9.17, 15) is 0 Å². The molecule has 0 nitrogen and oxygen atoms in total. The average Bonchev–Trinajstić information content (AvgIpc) is 2.76. The Morgan fingerprint density at radius 2 is 0.929 bits per heavy atom. The largest absolute Gasteiger partial charge is 0.0622 e. The summed E-state index contributed by atoms with van der Waals surface area (Å²) in [6.07, 6.45) is 0. The molecule has 0 N–H and O–H groups in total. The molecule has 0 heteroatoms. The molecule has 0 fully saturated rings. The molecule has 0 spiro atoms. The van der Waals surface area contributed by atoms with Crippen molar-refractivity contribution in [3.05, 3.63) is 109 Å². The summed E-state index contributed by atoms with van der Waals surface area (Å²) in [5, 5.41) is 10.4. The van der Waals surface area contributed by atoms with Crippen LogP contribution in [0.4, 0.5) is 0 Å². The lowest BCUT2D eigenvalue weighted by molar-refractivity contribution is 1.68. The van der Waals surface area contributed by atoms with Crippen molar-refractivity contribution in [1.29, 1.82) is 0 Å². The lowest BCUT2D eigenvalue weighted by Gasteiger charge is -2.14. The lowest BCUT2D eigenvalue weighted by Crippen LogP contribution is -1.87. The fraction of sp³-hybridized carbons (Fsp3) is 0. The van der Waals surface area contributed by atoms with Crippen LogP contribution in [0, 0.1) is 0 Å². The fourth-order valence-electron chi connectivity index (χ4n) is 4.48. The summed E-state index contributed by atoms with van der Waals surface area (Å²) in [5.41, 5.74) is 2.59. The Labute approximate surface area is 163 Å². The van der Waals surface area contributed by atoms with Gasteiger partial charge in [0.05, 0.1) is 0 Å². The SMILES string of the molecule is c1ccc(-c2c3ccccc3cc3c2ccc2cc4ccccc4cc23)cc1. The van der Waals surface area contributed by atoms with Crippen LogP contribution in [0.5, 0.6) is 0 Å².